The largest absolute Gasteiger partial charge is 0.492 e. The fourth-order valence-corrected chi connectivity index (χ4v) is 4.69. The highest BCUT2D eigenvalue weighted by molar-refractivity contribution is 5.82. The Labute approximate surface area is 188 Å². The molecule has 32 heavy (non-hydrogen) atoms. The molecule has 2 atom stereocenters. The van der Waals surface area contributed by atoms with E-state index in [-0.39, 0.29) is 34.5 Å². The molecule has 8 heteroatoms. The number of nitro benzene ring substituents is 1. The lowest BCUT2D eigenvalue weighted by atomic mass is 9.83. The van der Waals surface area contributed by atoms with Gasteiger partial charge in [0.25, 0.3) is 5.69 Å². The number of amides is 1. The molecule has 2 aromatic carbocycles. The molecular formula is C24H30N4O4. The maximum atomic E-state index is 13.1. The fourth-order valence-electron chi connectivity index (χ4n) is 4.69. The van der Waals surface area contributed by atoms with E-state index in [0.29, 0.717) is 13.0 Å². The molecule has 0 spiro atoms. The standard InChI is InChI=1S/C24H30N4O4/c1-17(2)25-24(29)21-15-18-14-19(28(30)31)8-9-22(18)27-11-10-26(16-23(21)27)12-13-32-20-6-4-3-5-7-20/h3-9,14,17,21,23H,10-13,15-16H2,1-2H3,(H,25,29). The number of ether oxygens (including phenoxy) is 1. The summed E-state index contributed by atoms with van der Waals surface area (Å²) in [5.41, 5.74) is 1.96. The van der Waals surface area contributed by atoms with Crippen LogP contribution in [0.25, 0.3) is 0 Å². The predicted molar refractivity (Wildman–Crippen MR) is 123 cm³/mol. The van der Waals surface area contributed by atoms with E-state index in [2.05, 4.69) is 15.1 Å². The lowest BCUT2D eigenvalue weighted by Crippen LogP contribution is -2.61. The molecule has 2 aromatic rings. The Bertz CT molecular complexity index is 966. The zero-order valence-electron chi connectivity index (χ0n) is 18.6. The first kappa shape index (κ1) is 22.1. The number of piperazine rings is 1. The van der Waals surface area contributed by atoms with E-state index in [1.807, 2.05) is 50.2 Å². The molecule has 4 rings (SSSR count). The minimum atomic E-state index is -0.375. The molecule has 8 nitrogen and oxygen atoms in total. The van der Waals surface area contributed by atoms with Gasteiger partial charge in [-0.25, -0.2) is 0 Å². The summed E-state index contributed by atoms with van der Waals surface area (Å²) < 4.78 is 5.87. The number of rotatable bonds is 7. The number of hydrogen-bond acceptors (Lipinski definition) is 6. The van der Waals surface area contributed by atoms with E-state index in [1.54, 1.807) is 12.1 Å². The van der Waals surface area contributed by atoms with Gasteiger partial charge >= 0.3 is 0 Å². The van der Waals surface area contributed by atoms with Gasteiger partial charge in [-0.15, -0.1) is 0 Å². The molecular weight excluding hydrogens is 408 g/mol. The maximum absolute atomic E-state index is 13.1. The van der Waals surface area contributed by atoms with Gasteiger partial charge in [-0.05, 0) is 44.0 Å². The predicted octanol–water partition coefficient (Wildman–Crippen LogP) is 2.86. The van der Waals surface area contributed by atoms with Gasteiger partial charge in [-0.3, -0.25) is 19.8 Å². The Balaban J connectivity index is 1.50. The van der Waals surface area contributed by atoms with Crippen molar-refractivity contribution in [2.24, 2.45) is 5.92 Å². The number of carbonyl (C=O) groups is 1. The SMILES string of the molecule is CC(C)NC(=O)C1Cc2cc([N+](=O)[O-])ccc2N2CCN(CCOc3ccccc3)CC12. The summed E-state index contributed by atoms with van der Waals surface area (Å²) in [6.07, 6.45) is 0.505. The van der Waals surface area contributed by atoms with E-state index >= 15 is 0 Å². The number of nitrogens with one attached hydrogen (secondary N) is 1. The summed E-state index contributed by atoms with van der Waals surface area (Å²) in [6.45, 7) is 7.64. The molecule has 1 fully saturated rings. The molecule has 1 amide bonds. The highest BCUT2D eigenvalue weighted by Gasteiger charge is 2.42. The van der Waals surface area contributed by atoms with Crippen molar-refractivity contribution < 1.29 is 14.5 Å². The zero-order chi connectivity index (χ0) is 22.7. The molecule has 2 unspecified atom stereocenters. The number of para-hydroxylation sites is 1. The number of anilines is 1. The Hall–Kier alpha value is -3.13. The van der Waals surface area contributed by atoms with Gasteiger partial charge in [0.15, 0.2) is 0 Å². The van der Waals surface area contributed by atoms with Crippen molar-refractivity contribution in [3.05, 3.63) is 64.2 Å². The Morgan fingerprint density at radius 3 is 2.72 bits per heavy atom. The summed E-state index contributed by atoms with van der Waals surface area (Å²) in [6, 6.07) is 14.9. The second-order valence-corrected chi connectivity index (χ2v) is 8.77. The lowest BCUT2D eigenvalue weighted by Gasteiger charge is -2.49. The molecule has 0 saturated carbocycles. The van der Waals surface area contributed by atoms with Crippen molar-refractivity contribution in [2.75, 3.05) is 37.7 Å². The van der Waals surface area contributed by atoms with Crippen LogP contribution in [-0.4, -0.2) is 60.6 Å². The van der Waals surface area contributed by atoms with Gasteiger partial charge in [0.2, 0.25) is 5.91 Å². The second-order valence-electron chi connectivity index (χ2n) is 8.77. The van der Waals surface area contributed by atoms with Crippen LogP contribution in [0.15, 0.2) is 48.5 Å². The van der Waals surface area contributed by atoms with Crippen LogP contribution >= 0.6 is 0 Å². The van der Waals surface area contributed by atoms with Crippen LogP contribution in [0.3, 0.4) is 0 Å². The normalized spacial score (nSPS) is 20.4. The number of carbonyl (C=O) groups excluding carboxylic acids is 1. The average Bonchev–Trinajstić information content (AvgIpc) is 2.78. The Morgan fingerprint density at radius 1 is 1.22 bits per heavy atom. The summed E-state index contributed by atoms with van der Waals surface area (Å²) >= 11 is 0. The maximum Gasteiger partial charge on any atom is 0.269 e. The molecule has 2 aliphatic rings. The van der Waals surface area contributed by atoms with Crippen molar-refractivity contribution in [3.8, 4) is 5.75 Å². The van der Waals surface area contributed by atoms with E-state index in [4.69, 9.17) is 4.74 Å². The van der Waals surface area contributed by atoms with Crippen molar-refractivity contribution in [3.63, 3.8) is 0 Å². The van der Waals surface area contributed by atoms with Crippen LogP contribution < -0.4 is 15.0 Å². The smallest absolute Gasteiger partial charge is 0.269 e. The van der Waals surface area contributed by atoms with Crippen molar-refractivity contribution in [2.45, 2.75) is 32.4 Å². The van der Waals surface area contributed by atoms with Gasteiger partial charge in [0.1, 0.15) is 12.4 Å². The van der Waals surface area contributed by atoms with E-state index < -0.39 is 0 Å². The van der Waals surface area contributed by atoms with Crippen LogP contribution in [0, 0.1) is 16.0 Å². The quantitative estimate of drug-likeness (QED) is 0.528. The third-order valence-electron chi connectivity index (χ3n) is 6.18. The minimum absolute atomic E-state index is 0.00883. The Morgan fingerprint density at radius 2 is 2.00 bits per heavy atom. The first-order valence-corrected chi connectivity index (χ1v) is 11.2. The van der Waals surface area contributed by atoms with Crippen molar-refractivity contribution in [1.29, 1.82) is 0 Å². The first-order valence-electron chi connectivity index (χ1n) is 11.2. The van der Waals surface area contributed by atoms with Gasteiger partial charge in [-0.2, -0.15) is 0 Å². The zero-order valence-corrected chi connectivity index (χ0v) is 18.6. The van der Waals surface area contributed by atoms with Crippen molar-refractivity contribution in [1.82, 2.24) is 10.2 Å². The summed E-state index contributed by atoms with van der Waals surface area (Å²) in [5, 5.41) is 14.3. The summed E-state index contributed by atoms with van der Waals surface area (Å²) in [4.78, 5) is 28.6. The molecule has 0 aliphatic carbocycles. The third kappa shape index (κ3) is 4.85. The van der Waals surface area contributed by atoms with Crippen molar-refractivity contribution >= 4 is 17.3 Å². The Kier molecular flexibility index (Phi) is 6.60. The third-order valence-corrected chi connectivity index (χ3v) is 6.18. The highest BCUT2D eigenvalue weighted by atomic mass is 16.6. The summed E-state index contributed by atoms with van der Waals surface area (Å²) in [5.74, 6) is 0.604. The molecule has 170 valence electrons. The average molecular weight is 439 g/mol. The fraction of sp³-hybridized carbons (Fsp3) is 0.458. The number of hydrogen-bond donors (Lipinski definition) is 1. The van der Waals surface area contributed by atoms with E-state index in [9.17, 15) is 14.9 Å². The van der Waals surface area contributed by atoms with Crippen LogP contribution in [0.5, 0.6) is 5.75 Å². The van der Waals surface area contributed by atoms with Crippen LogP contribution in [-0.2, 0) is 11.2 Å². The molecule has 0 radical (unpaired) electrons. The van der Waals surface area contributed by atoms with Gasteiger partial charge in [0.05, 0.1) is 16.9 Å². The van der Waals surface area contributed by atoms with Crippen LogP contribution in [0.2, 0.25) is 0 Å². The lowest BCUT2D eigenvalue weighted by molar-refractivity contribution is -0.384. The molecule has 2 heterocycles. The number of nitrogens with zero attached hydrogens (tertiary/aromatic N) is 3. The van der Waals surface area contributed by atoms with E-state index in [0.717, 1.165) is 43.2 Å². The molecule has 0 aromatic heterocycles. The van der Waals surface area contributed by atoms with Gasteiger partial charge in [-0.1, -0.05) is 18.2 Å². The van der Waals surface area contributed by atoms with Gasteiger partial charge < -0.3 is 15.0 Å². The first-order chi connectivity index (χ1) is 15.4. The molecule has 1 N–H and O–H groups in total. The monoisotopic (exact) mass is 438 g/mol. The molecule has 1 saturated heterocycles. The number of benzene rings is 2. The van der Waals surface area contributed by atoms with E-state index in [1.165, 1.54) is 0 Å². The number of fused-ring (bicyclic) bond motifs is 3. The second kappa shape index (κ2) is 9.56. The highest BCUT2D eigenvalue weighted by Crippen LogP contribution is 2.37. The number of non-ortho nitro benzene ring substituents is 1. The molecule has 2 aliphatic heterocycles. The summed E-state index contributed by atoms with van der Waals surface area (Å²) in [7, 11) is 0. The van der Waals surface area contributed by atoms with Crippen LogP contribution in [0.1, 0.15) is 19.4 Å². The molecule has 0 bridgehead atoms. The van der Waals surface area contributed by atoms with Crippen LogP contribution in [0.4, 0.5) is 11.4 Å². The minimum Gasteiger partial charge on any atom is -0.492 e. The topological polar surface area (TPSA) is 87.9 Å². The van der Waals surface area contributed by atoms with Gasteiger partial charge in [0, 0.05) is 50.0 Å². The number of nitro groups is 1.